The topological polar surface area (TPSA) is 71.9 Å². The molecule has 0 aliphatic heterocycles. The summed E-state index contributed by atoms with van der Waals surface area (Å²) in [6, 6.07) is 9.86. The minimum atomic E-state index is -0.515. The van der Waals surface area contributed by atoms with Crippen molar-refractivity contribution in [1.29, 1.82) is 5.26 Å². The van der Waals surface area contributed by atoms with E-state index >= 15 is 0 Å². The molecular formula is C14H11N3O2. The first-order chi connectivity index (χ1) is 9.22. The van der Waals surface area contributed by atoms with Crippen molar-refractivity contribution in [2.75, 3.05) is 0 Å². The van der Waals surface area contributed by atoms with Gasteiger partial charge in [-0.15, -0.1) is 0 Å². The SMILES string of the molecule is N#CCc1cn(/C=C/C=C/[N+](=O)[O-])c2ccccc12. The number of aromatic nitrogens is 1. The molecule has 5 heteroatoms. The lowest BCUT2D eigenvalue weighted by Crippen LogP contribution is -1.83. The molecule has 0 unspecified atom stereocenters. The van der Waals surface area contributed by atoms with Gasteiger partial charge in [-0.25, -0.2) is 0 Å². The molecule has 1 aromatic carbocycles. The van der Waals surface area contributed by atoms with E-state index in [9.17, 15) is 10.1 Å². The van der Waals surface area contributed by atoms with Crippen LogP contribution in [-0.2, 0) is 6.42 Å². The maximum atomic E-state index is 10.2. The number of benzene rings is 1. The molecular weight excluding hydrogens is 242 g/mol. The Balaban J connectivity index is 2.38. The fourth-order valence-electron chi connectivity index (χ4n) is 1.89. The Bertz CT molecular complexity index is 705. The van der Waals surface area contributed by atoms with Gasteiger partial charge in [-0.2, -0.15) is 5.26 Å². The summed E-state index contributed by atoms with van der Waals surface area (Å²) in [4.78, 5) is 9.64. The zero-order valence-corrected chi connectivity index (χ0v) is 10.1. The van der Waals surface area contributed by atoms with Crippen LogP contribution in [0, 0.1) is 21.4 Å². The largest absolute Gasteiger partial charge is 0.323 e. The lowest BCUT2D eigenvalue weighted by Gasteiger charge is -1.95. The van der Waals surface area contributed by atoms with Crippen LogP contribution in [0.3, 0.4) is 0 Å². The first-order valence-electron chi connectivity index (χ1n) is 5.66. The third-order valence-corrected chi connectivity index (χ3v) is 2.66. The Hall–Kier alpha value is -2.87. The van der Waals surface area contributed by atoms with Crippen molar-refractivity contribution >= 4 is 17.1 Å². The normalized spacial score (nSPS) is 11.3. The van der Waals surface area contributed by atoms with Crippen molar-refractivity contribution < 1.29 is 4.92 Å². The second kappa shape index (κ2) is 5.65. The molecule has 94 valence electrons. The van der Waals surface area contributed by atoms with Gasteiger partial charge in [0.25, 0.3) is 0 Å². The second-order valence-electron chi connectivity index (χ2n) is 3.88. The highest BCUT2D eigenvalue weighted by atomic mass is 16.6. The molecule has 2 rings (SSSR count). The Kier molecular flexibility index (Phi) is 3.74. The summed E-state index contributed by atoms with van der Waals surface area (Å²) < 4.78 is 1.85. The number of fused-ring (bicyclic) bond motifs is 1. The average Bonchev–Trinajstić information content (AvgIpc) is 2.74. The van der Waals surface area contributed by atoms with Gasteiger partial charge in [-0.3, -0.25) is 10.1 Å². The molecule has 0 saturated heterocycles. The average molecular weight is 253 g/mol. The highest BCUT2D eigenvalue weighted by Crippen LogP contribution is 2.21. The minimum Gasteiger partial charge on any atom is -0.323 e. The Labute approximate surface area is 109 Å². The summed E-state index contributed by atoms with van der Waals surface area (Å²) in [6.07, 6.45) is 7.75. The molecule has 0 amide bonds. The van der Waals surface area contributed by atoms with Crippen molar-refractivity contribution in [1.82, 2.24) is 4.57 Å². The molecule has 0 aliphatic carbocycles. The molecule has 19 heavy (non-hydrogen) atoms. The van der Waals surface area contributed by atoms with Gasteiger partial charge in [-0.1, -0.05) is 18.2 Å². The van der Waals surface area contributed by atoms with Crippen LogP contribution in [0.15, 0.2) is 48.8 Å². The fraction of sp³-hybridized carbons (Fsp3) is 0.0714. The lowest BCUT2D eigenvalue weighted by molar-refractivity contribution is -0.402. The van der Waals surface area contributed by atoms with E-state index < -0.39 is 4.92 Å². The summed E-state index contributed by atoms with van der Waals surface area (Å²) in [7, 11) is 0. The number of nitriles is 1. The number of hydrogen-bond donors (Lipinski definition) is 0. The number of para-hydroxylation sites is 1. The van der Waals surface area contributed by atoms with E-state index in [1.807, 2.05) is 35.0 Å². The van der Waals surface area contributed by atoms with Crippen LogP contribution < -0.4 is 0 Å². The molecule has 0 spiro atoms. The van der Waals surface area contributed by atoms with Crippen LogP contribution in [0.4, 0.5) is 0 Å². The van der Waals surface area contributed by atoms with Gasteiger partial charge in [0, 0.05) is 23.9 Å². The third kappa shape index (κ3) is 2.87. The van der Waals surface area contributed by atoms with Gasteiger partial charge in [0.15, 0.2) is 0 Å². The summed E-state index contributed by atoms with van der Waals surface area (Å²) >= 11 is 0. The highest BCUT2D eigenvalue weighted by molar-refractivity contribution is 5.86. The smallest absolute Gasteiger partial charge is 0.234 e. The van der Waals surface area contributed by atoms with Crippen LogP contribution in [-0.4, -0.2) is 9.49 Å². The van der Waals surface area contributed by atoms with Gasteiger partial charge in [-0.05, 0) is 17.7 Å². The van der Waals surface area contributed by atoms with Crippen LogP contribution in [0.5, 0.6) is 0 Å². The van der Waals surface area contributed by atoms with Crippen LogP contribution in [0.25, 0.3) is 17.1 Å². The predicted octanol–water partition coefficient (Wildman–Crippen LogP) is 2.97. The van der Waals surface area contributed by atoms with Gasteiger partial charge in [0.05, 0.1) is 22.9 Å². The second-order valence-corrected chi connectivity index (χ2v) is 3.88. The van der Waals surface area contributed by atoms with Crippen molar-refractivity contribution in [3.05, 3.63) is 64.5 Å². The summed E-state index contributed by atoms with van der Waals surface area (Å²) in [5.41, 5.74) is 1.92. The van der Waals surface area contributed by atoms with Crippen molar-refractivity contribution in [3.63, 3.8) is 0 Å². The van der Waals surface area contributed by atoms with Crippen molar-refractivity contribution in [2.45, 2.75) is 6.42 Å². The Morgan fingerprint density at radius 2 is 2.16 bits per heavy atom. The number of nitro groups is 1. The number of nitrogens with zero attached hydrogens (tertiary/aromatic N) is 3. The van der Waals surface area contributed by atoms with Crippen LogP contribution >= 0.6 is 0 Å². The lowest BCUT2D eigenvalue weighted by atomic mass is 10.1. The monoisotopic (exact) mass is 253 g/mol. The van der Waals surface area contributed by atoms with E-state index in [2.05, 4.69) is 6.07 Å². The van der Waals surface area contributed by atoms with Gasteiger partial charge in [0.2, 0.25) is 6.20 Å². The molecule has 0 radical (unpaired) electrons. The molecule has 2 aromatic rings. The van der Waals surface area contributed by atoms with Crippen LogP contribution in [0.2, 0.25) is 0 Å². The van der Waals surface area contributed by atoms with Crippen molar-refractivity contribution in [3.8, 4) is 6.07 Å². The highest BCUT2D eigenvalue weighted by Gasteiger charge is 2.05. The van der Waals surface area contributed by atoms with Crippen molar-refractivity contribution in [2.24, 2.45) is 0 Å². The van der Waals surface area contributed by atoms with E-state index in [0.717, 1.165) is 22.7 Å². The molecule has 0 N–H and O–H groups in total. The van der Waals surface area contributed by atoms with E-state index in [1.165, 1.54) is 6.08 Å². The Morgan fingerprint density at radius 1 is 1.37 bits per heavy atom. The molecule has 0 saturated carbocycles. The quantitative estimate of drug-likeness (QED) is 0.477. The van der Waals surface area contributed by atoms with E-state index in [1.54, 1.807) is 12.3 Å². The van der Waals surface area contributed by atoms with Gasteiger partial charge in [0.1, 0.15) is 0 Å². The third-order valence-electron chi connectivity index (χ3n) is 2.66. The maximum Gasteiger partial charge on any atom is 0.234 e. The van der Waals surface area contributed by atoms with Gasteiger partial charge >= 0.3 is 0 Å². The molecule has 0 fully saturated rings. The summed E-state index contributed by atoms with van der Waals surface area (Å²) in [5.74, 6) is 0. The Morgan fingerprint density at radius 3 is 2.89 bits per heavy atom. The summed E-state index contributed by atoms with van der Waals surface area (Å²) in [5, 5.41) is 20.0. The molecule has 5 nitrogen and oxygen atoms in total. The van der Waals surface area contributed by atoms with Crippen LogP contribution in [0.1, 0.15) is 5.56 Å². The zero-order chi connectivity index (χ0) is 13.7. The standard InChI is InChI=1S/C14H11N3O2/c15-8-7-12-11-16(9-3-4-10-17(18)19)14-6-2-1-5-13(12)14/h1-6,9-11H,7H2/b9-3+,10-4+. The maximum absolute atomic E-state index is 10.2. The number of hydrogen-bond acceptors (Lipinski definition) is 3. The first-order valence-corrected chi connectivity index (χ1v) is 5.66. The molecule has 1 aromatic heterocycles. The van der Waals surface area contributed by atoms with E-state index in [0.29, 0.717) is 6.42 Å². The number of rotatable bonds is 4. The summed E-state index contributed by atoms with van der Waals surface area (Å²) in [6.45, 7) is 0. The molecule has 0 bridgehead atoms. The number of allylic oxidation sites excluding steroid dienone is 2. The predicted molar refractivity (Wildman–Crippen MR) is 72.7 cm³/mol. The van der Waals surface area contributed by atoms with Gasteiger partial charge < -0.3 is 4.57 Å². The van der Waals surface area contributed by atoms with E-state index in [4.69, 9.17) is 5.26 Å². The zero-order valence-electron chi connectivity index (χ0n) is 10.1. The molecule has 1 heterocycles. The molecule has 0 atom stereocenters. The minimum absolute atomic E-state index is 0.339. The fourth-order valence-corrected chi connectivity index (χ4v) is 1.89. The molecule has 0 aliphatic rings. The first kappa shape index (κ1) is 12.6. The van der Waals surface area contributed by atoms with E-state index in [-0.39, 0.29) is 0 Å².